The molecule has 0 saturated heterocycles. The molecule has 0 fully saturated rings. The van der Waals surface area contributed by atoms with E-state index in [1.54, 1.807) is 0 Å². The molecule has 228 valence electrons. The molecule has 0 amide bonds. The SMILES string of the molecule is CC1=C(\C=C/C(C)=C\C=C/C(C)=C\C=C/C=C(C)\C=C/C=C(C)\C=C\C2=C(C)C[C@@H](O)CC2(C)C)C(C)(C)C[C@H](O)C1. The van der Waals surface area contributed by atoms with Gasteiger partial charge in [-0.1, -0.05) is 146 Å². The van der Waals surface area contributed by atoms with E-state index in [0.29, 0.717) is 0 Å². The Balaban J connectivity index is 1.90. The molecule has 2 aliphatic carbocycles. The van der Waals surface area contributed by atoms with Gasteiger partial charge in [0.2, 0.25) is 0 Å². The van der Waals surface area contributed by atoms with Crippen LogP contribution in [-0.2, 0) is 0 Å². The highest BCUT2D eigenvalue weighted by atomic mass is 16.3. The number of hydrogen-bond acceptors (Lipinski definition) is 2. The van der Waals surface area contributed by atoms with Crippen molar-refractivity contribution in [3.05, 3.63) is 130 Å². The summed E-state index contributed by atoms with van der Waals surface area (Å²) in [4.78, 5) is 0. The molecular weight excluding hydrogens is 512 g/mol. The van der Waals surface area contributed by atoms with Crippen LogP contribution in [0.1, 0.15) is 94.9 Å². The molecule has 0 heterocycles. The normalized spacial score (nSPS) is 25.0. The van der Waals surface area contributed by atoms with Crippen LogP contribution in [-0.4, -0.2) is 22.4 Å². The van der Waals surface area contributed by atoms with E-state index in [0.717, 1.165) is 25.7 Å². The highest BCUT2D eigenvalue weighted by Crippen LogP contribution is 2.42. The Bertz CT molecular complexity index is 1190. The summed E-state index contributed by atoms with van der Waals surface area (Å²) in [5.74, 6) is 0. The van der Waals surface area contributed by atoms with Crippen LogP contribution < -0.4 is 0 Å². The fourth-order valence-corrected chi connectivity index (χ4v) is 6.13. The van der Waals surface area contributed by atoms with Gasteiger partial charge in [-0.3, -0.25) is 0 Å². The number of rotatable bonds is 10. The largest absolute Gasteiger partial charge is 0.393 e. The van der Waals surface area contributed by atoms with Crippen LogP contribution in [0.2, 0.25) is 0 Å². The molecule has 0 radical (unpaired) electrons. The summed E-state index contributed by atoms with van der Waals surface area (Å²) in [6.07, 6.45) is 32.6. The zero-order valence-corrected chi connectivity index (χ0v) is 28.0. The van der Waals surface area contributed by atoms with E-state index in [9.17, 15) is 10.2 Å². The fraction of sp³-hybridized carbons (Fsp3) is 0.450. The molecule has 2 atom stereocenters. The minimum Gasteiger partial charge on any atom is -0.393 e. The Morgan fingerprint density at radius 3 is 1.19 bits per heavy atom. The molecule has 2 rings (SSSR count). The third-order valence-corrected chi connectivity index (χ3v) is 8.24. The van der Waals surface area contributed by atoms with E-state index >= 15 is 0 Å². The Labute approximate surface area is 257 Å². The summed E-state index contributed by atoms with van der Waals surface area (Å²) in [5.41, 5.74) is 10.1. The second-order valence-corrected chi connectivity index (χ2v) is 13.7. The maximum atomic E-state index is 10.1. The topological polar surface area (TPSA) is 40.5 Å². The molecule has 0 saturated carbocycles. The van der Waals surface area contributed by atoms with Crippen LogP contribution in [0.5, 0.6) is 0 Å². The smallest absolute Gasteiger partial charge is 0.0585 e. The van der Waals surface area contributed by atoms with Gasteiger partial charge in [-0.15, -0.1) is 0 Å². The minimum absolute atomic E-state index is 0.00547. The summed E-state index contributed by atoms with van der Waals surface area (Å²) < 4.78 is 0. The summed E-state index contributed by atoms with van der Waals surface area (Å²) in [5, 5.41) is 20.2. The molecular formula is C40H56O2. The first-order chi connectivity index (χ1) is 19.6. The molecule has 0 aromatic carbocycles. The summed E-state index contributed by atoms with van der Waals surface area (Å²) in [7, 11) is 0. The average molecular weight is 569 g/mol. The molecule has 0 aromatic rings. The Morgan fingerprint density at radius 1 is 0.548 bits per heavy atom. The average Bonchev–Trinajstić information content (AvgIpc) is 2.84. The zero-order valence-electron chi connectivity index (χ0n) is 28.0. The van der Waals surface area contributed by atoms with Gasteiger partial charge in [0, 0.05) is 0 Å². The van der Waals surface area contributed by atoms with E-state index in [4.69, 9.17) is 0 Å². The van der Waals surface area contributed by atoms with Crippen molar-refractivity contribution in [2.75, 3.05) is 0 Å². The Hall–Kier alpha value is -2.94. The van der Waals surface area contributed by atoms with Crippen LogP contribution in [0.25, 0.3) is 0 Å². The number of hydrogen-bond donors (Lipinski definition) is 2. The van der Waals surface area contributed by atoms with Gasteiger partial charge in [0.15, 0.2) is 0 Å². The molecule has 2 N–H and O–H groups in total. The predicted octanol–water partition coefficient (Wildman–Crippen LogP) is 10.5. The Kier molecular flexibility index (Phi) is 13.5. The molecule has 2 heteroatoms. The van der Waals surface area contributed by atoms with Crippen molar-refractivity contribution in [3.63, 3.8) is 0 Å². The summed E-state index contributed by atoms with van der Waals surface area (Å²) >= 11 is 0. The van der Waals surface area contributed by atoms with Crippen molar-refractivity contribution in [1.29, 1.82) is 0 Å². The van der Waals surface area contributed by atoms with Crippen molar-refractivity contribution in [1.82, 2.24) is 0 Å². The van der Waals surface area contributed by atoms with Gasteiger partial charge in [0.05, 0.1) is 12.2 Å². The third kappa shape index (κ3) is 11.7. The van der Waals surface area contributed by atoms with Gasteiger partial charge >= 0.3 is 0 Å². The summed E-state index contributed by atoms with van der Waals surface area (Å²) in [6.45, 7) is 21.6. The molecule has 0 bridgehead atoms. The van der Waals surface area contributed by atoms with Crippen molar-refractivity contribution in [2.24, 2.45) is 10.8 Å². The lowest BCUT2D eigenvalue weighted by Gasteiger charge is -2.35. The fourth-order valence-electron chi connectivity index (χ4n) is 6.13. The van der Waals surface area contributed by atoms with Gasteiger partial charge in [-0.2, -0.15) is 0 Å². The van der Waals surface area contributed by atoms with Gasteiger partial charge in [0.1, 0.15) is 0 Å². The standard InChI is InChI=1S/C40H56O2/c1-29(17-13-19-31(3)21-23-37-33(5)25-35(41)27-39(37,7)8)15-11-12-16-30(2)18-14-20-32(4)22-24-38-34(6)26-36(42)28-40(38,9)10/h11-24,35-36,41-42H,25-28H2,1-10H3/b12-11-,17-13-,18-14-,23-21-,24-22+,29-15-,30-16-,31-19-,32-20-/t35-,36-/m1/s1. The zero-order chi connectivity index (χ0) is 31.5. The number of allylic oxidation sites excluding steroid dienone is 20. The maximum absolute atomic E-state index is 10.1. The highest BCUT2D eigenvalue weighted by Gasteiger charge is 2.32. The van der Waals surface area contributed by atoms with Crippen molar-refractivity contribution in [3.8, 4) is 0 Å². The first-order valence-electron chi connectivity index (χ1n) is 15.5. The molecule has 0 unspecified atom stereocenters. The van der Waals surface area contributed by atoms with Crippen LogP contribution in [0.15, 0.2) is 130 Å². The van der Waals surface area contributed by atoms with Crippen LogP contribution in [0, 0.1) is 10.8 Å². The maximum Gasteiger partial charge on any atom is 0.0585 e. The van der Waals surface area contributed by atoms with Crippen LogP contribution >= 0.6 is 0 Å². The Morgan fingerprint density at radius 2 is 0.857 bits per heavy atom. The molecule has 2 nitrogen and oxygen atoms in total. The predicted molar refractivity (Wildman–Crippen MR) is 184 cm³/mol. The molecule has 2 aliphatic rings. The quantitative estimate of drug-likeness (QED) is 0.257. The summed E-state index contributed by atoms with van der Waals surface area (Å²) in [6, 6.07) is 0. The van der Waals surface area contributed by atoms with E-state index < -0.39 is 0 Å². The molecule has 0 spiro atoms. The second-order valence-electron chi connectivity index (χ2n) is 13.7. The van der Waals surface area contributed by atoms with Gasteiger partial charge < -0.3 is 10.2 Å². The first-order valence-corrected chi connectivity index (χ1v) is 15.5. The van der Waals surface area contributed by atoms with Crippen molar-refractivity contribution < 1.29 is 10.2 Å². The molecule has 42 heavy (non-hydrogen) atoms. The van der Waals surface area contributed by atoms with Gasteiger partial charge in [-0.25, -0.2) is 0 Å². The van der Waals surface area contributed by atoms with E-state index in [-0.39, 0.29) is 23.0 Å². The lowest BCUT2D eigenvalue weighted by atomic mass is 9.71. The lowest BCUT2D eigenvalue weighted by Crippen LogP contribution is -2.28. The number of aliphatic hydroxyl groups is 2. The first kappa shape index (κ1) is 35.3. The van der Waals surface area contributed by atoms with Crippen molar-refractivity contribution in [2.45, 2.75) is 107 Å². The van der Waals surface area contributed by atoms with E-state index in [1.807, 2.05) is 0 Å². The van der Waals surface area contributed by atoms with Gasteiger partial charge in [-0.05, 0) is 89.2 Å². The second kappa shape index (κ2) is 16.1. The number of aliphatic hydroxyl groups excluding tert-OH is 2. The van der Waals surface area contributed by atoms with Gasteiger partial charge in [0.25, 0.3) is 0 Å². The highest BCUT2D eigenvalue weighted by molar-refractivity contribution is 5.39. The molecule has 0 aliphatic heterocycles. The molecule has 0 aromatic heterocycles. The lowest BCUT2D eigenvalue weighted by molar-refractivity contribution is 0.116. The van der Waals surface area contributed by atoms with E-state index in [1.165, 1.54) is 44.6 Å². The third-order valence-electron chi connectivity index (χ3n) is 8.24. The van der Waals surface area contributed by atoms with Crippen LogP contribution in [0.3, 0.4) is 0 Å². The monoisotopic (exact) mass is 568 g/mol. The minimum atomic E-state index is -0.227. The van der Waals surface area contributed by atoms with Crippen molar-refractivity contribution >= 4 is 0 Å². The van der Waals surface area contributed by atoms with Crippen LogP contribution in [0.4, 0.5) is 0 Å². The van der Waals surface area contributed by atoms with E-state index in [2.05, 4.69) is 154 Å².